The first-order valence-corrected chi connectivity index (χ1v) is 9.84. The van der Waals surface area contributed by atoms with Gasteiger partial charge in [-0.3, -0.25) is 0 Å². The Morgan fingerprint density at radius 2 is 1.27 bits per heavy atom. The highest BCUT2D eigenvalue weighted by Gasteiger charge is 2.24. The number of rotatable bonds is 20. The van der Waals surface area contributed by atoms with Crippen LogP contribution in [-0.4, -0.2) is 118 Å². The van der Waals surface area contributed by atoms with Gasteiger partial charge in [0.15, 0.2) is 6.10 Å². The molecule has 0 aromatic rings. The molecule has 1 heterocycles. The van der Waals surface area contributed by atoms with Crippen molar-refractivity contribution in [1.29, 1.82) is 0 Å². The third-order valence-electron chi connectivity index (χ3n) is 3.50. The number of hydrogen-bond donors (Lipinski definition) is 1. The van der Waals surface area contributed by atoms with E-state index in [9.17, 15) is 9.59 Å². The summed E-state index contributed by atoms with van der Waals surface area (Å²) in [6, 6.07) is 0. The third-order valence-corrected chi connectivity index (χ3v) is 3.50. The molecule has 1 fully saturated rings. The van der Waals surface area contributed by atoms with Crippen molar-refractivity contribution in [2.75, 3.05) is 99.5 Å². The molecule has 0 spiro atoms. The summed E-state index contributed by atoms with van der Waals surface area (Å²) in [5.41, 5.74) is 0. The van der Waals surface area contributed by atoms with Gasteiger partial charge in [-0.25, -0.2) is 9.59 Å². The summed E-state index contributed by atoms with van der Waals surface area (Å²) < 4.78 is 45.9. The number of hydrogen-bond acceptors (Lipinski definition) is 11. The van der Waals surface area contributed by atoms with E-state index in [1.807, 2.05) is 0 Å². The number of methoxy groups -OCH3 is 1. The highest BCUT2D eigenvalue weighted by Crippen LogP contribution is 2.01. The summed E-state index contributed by atoms with van der Waals surface area (Å²) in [5.74, 6) is 0. The molecule has 12 nitrogen and oxygen atoms in total. The van der Waals surface area contributed by atoms with Crippen LogP contribution in [0, 0.1) is 0 Å². The van der Waals surface area contributed by atoms with Gasteiger partial charge in [-0.2, -0.15) is 0 Å². The number of alkyl carbamates (subject to hydrolysis) is 1. The second-order valence-electron chi connectivity index (χ2n) is 5.87. The van der Waals surface area contributed by atoms with Crippen LogP contribution in [0.4, 0.5) is 9.59 Å². The molecule has 0 aliphatic carbocycles. The van der Waals surface area contributed by atoms with Crippen LogP contribution in [0.3, 0.4) is 0 Å². The van der Waals surface area contributed by atoms with E-state index in [0.29, 0.717) is 72.6 Å². The fourth-order valence-corrected chi connectivity index (χ4v) is 2.04. The van der Waals surface area contributed by atoms with Gasteiger partial charge in [0.05, 0.1) is 79.2 Å². The molecule has 1 rings (SSSR count). The van der Waals surface area contributed by atoms with Gasteiger partial charge in [0.25, 0.3) is 0 Å². The molecule has 0 saturated carbocycles. The van der Waals surface area contributed by atoms with Gasteiger partial charge in [0, 0.05) is 7.11 Å². The Balaban J connectivity index is 1.70. The van der Waals surface area contributed by atoms with E-state index in [0.717, 1.165) is 0 Å². The van der Waals surface area contributed by atoms with E-state index >= 15 is 0 Å². The second kappa shape index (κ2) is 19.3. The van der Waals surface area contributed by atoms with E-state index < -0.39 is 18.4 Å². The first-order chi connectivity index (χ1) is 14.7. The fourth-order valence-electron chi connectivity index (χ4n) is 2.04. The molecule has 1 atom stereocenters. The number of carbonyl (C=O) groups excluding carboxylic acids is 2. The summed E-state index contributed by atoms with van der Waals surface area (Å²) in [7, 11) is 1.63. The Labute approximate surface area is 176 Å². The zero-order chi connectivity index (χ0) is 21.7. The van der Waals surface area contributed by atoms with Crippen molar-refractivity contribution in [3.05, 3.63) is 0 Å². The molecule has 1 aliphatic rings. The predicted molar refractivity (Wildman–Crippen MR) is 102 cm³/mol. The van der Waals surface area contributed by atoms with Crippen LogP contribution >= 0.6 is 0 Å². The van der Waals surface area contributed by atoms with Crippen molar-refractivity contribution in [1.82, 2.24) is 5.32 Å². The number of cyclic esters (lactones) is 1. The molecular weight excluding hydrogens is 406 g/mol. The lowest BCUT2D eigenvalue weighted by Gasteiger charge is -2.10. The van der Waals surface area contributed by atoms with Crippen LogP contribution in [0.5, 0.6) is 0 Å². The van der Waals surface area contributed by atoms with E-state index in [-0.39, 0.29) is 19.8 Å². The number of nitrogens with one attached hydrogen (secondary N) is 1. The Morgan fingerprint density at radius 3 is 1.70 bits per heavy atom. The summed E-state index contributed by atoms with van der Waals surface area (Å²) in [4.78, 5) is 22.1. The molecular formula is C18H33NO11. The summed E-state index contributed by atoms with van der Waals surface area (Å²) >= 11 is 0. The first kappa shape index (κ1) is 26.3. The fraction of sp³-hybridized carbons (Fsp3) is 0.889. The smallest absolute Gasteiger partial charge is 0.441 e. The summed E-state index contributed by atoms with van der Waals surface area (Å²) in [6.07, 6.45) is -1.85. The van der Waals surface area contributed by atoms with Gasteiger partial charge in [0.1, 0.15) is 13.2 Å². The molecule has 1 N–H and O–H groups in total. The third kappa shape index (κ3) is 16.1. The minimum atomic E-state index is -0.836. The van der Waals surface area contributed by atoms with Crippen molar-refractivity contribution < 1.29 is 52.2 Å². The normalized spacial score (nSPS) is 15.6. The lowest BCUT2D eigenvalue weighted by molar-refractivity contribution is -0.0204. The van der Waals surface area contributed by atoms with Gasteiger partial charge >= 0.3 is 12.2 Å². The summed E-state index contributed by atoms with van der Waals surface area (Å²) in [6.45, 7) is 5.42. The average molecular weight is 439 g/mol. The predicted octanol–water partition coefficient (Wildman–Crippen LogP) is -0.0226. The SMILES string of the molecule is COCCOCCOCCOCCOCCOCCOC(=O)OC[C@@H]1CNC(=O)O1. The maximum Gasteiger partial charge on any atom is 0.508 e. The van der Waals surface area contributed by atoms with Crippen molar-refractivity contribution in [3.63, 3.8) is 0 Å². The quantitative estimate of drug-likeness (QED) is 0.203. The van der Waals surface area contributed by atoms with Crippen molar-refractivity contribution in [3.8, 4) is 0 Å². The molecule has 1 amide bonds. The largest absolute Gasteiger partial charge is 0.508 e. The standard InChI is InChI=1S/C18H33NO11/c1-22-2-3-23-4-5-24-6-7-25-8-9-26-10-11-27-12-13-28-18(21)29-15-16-14-19-17(20)30-16/h16H,2-15H2,1H3,(H,19,20)/t16-/m0/s1. The molecule has 1 aliphatic heterocycles. The molecule has 0 aromatic heterocycles. The number of amides is 1. The van der Waals surface area contributed by atoms with E-state index in [1.165, 1.54) is 0 Å². The molecule has 1 saturated heterocycles. The monoisotopic (exact) mass is 439 g/mol. The van der Waals surface area contributed by atoms with Gasteiger partial charge in [-0.05, 0) is 0 Å². The van der Waals surface area contributed by atoms with Gasteiger partial charge < -0.3 is 47.9 Å². The number of ether oxygens (including phenoxy) is 9. The molecule has 0 unspecified atom stereocenters. The van der Waals surface area contributed by atoms with E-state index in [1.54, 1.807) is 7.11 Å². The highest BCUT2D eigenvalue weighted by molar-refractivity contribution is 5.69. The first-order valence-electron chi connectivity index (χ1n) is 9.84. The maximum absolute atomic E-state index is 11.3. The average Bonchev–Trinajstić information content (AvgIpc) is 3.16. The molecule has 12 heteroatoms. The molecule has 176 valence electrons. The van der Waals surface area contributed by atoms with Crippen LogP contribution in [0.15, 0.2) is 0 Å². The zero-order valence-electron chi connectivity index (χ0n) is 17.5. The molecule has 30 heavy (non-hydrogen) atoms. The van der Waals surface area contributed by atoms with Crippen LogP contribution in [-0.2, 0) is 42.6 Å². The molecule has 0 radical (unpaired) electrons. The van der Waals surface area contributed by atoms with Crippen molar-refractivity contribution in [2.45, 2.75) is 6.10 Å². The Hall–Kier alpha value is -1.70. The van der Waals surface area contributed by atoms with Crippen LogP contribution in [0.2, 0.25) is 0 Å². The van der Waals surface area contributed by atoms with Gasteiger partial charge in [-0.1, -0.05) is 0 Å². The van der Waals surface area contributed by atoms with Gasteiger partial charge in [0.2, 0.25) is 0 Å². The van der Waals surface area contributed by atoms with Crippen LogP contribution < -0.4 is 5.32 Å². The van der Waals surface area contributed by atoms with Crippen LogP contribution in [0.25, 0.3) is 0 Å². The lowest BCUT2D eigenvalue weighted by atomic mass is 10.4. The van der Waals surface area contributed by atoms with Crippen molar-refractivity contribution in [2.24, 2.45) is 0 Å². The van der Waals surface area contributed by atoms with E-state index in [4.69, 9.17) is 42.6 Å². The Kier molecular flexibility index (Phi) is 16.9. The summed E-state index contributed by atoms with van der Waals surface area (Å²) in [5, 5.41) is 2.45. The topological polar surface area (TPSA) is 129 Å². The minimum Gasteiger partial charge on any atom is -0.441 e. The maximum atomic E-state index is 11.3. The van der Waals surface area contributed by atoms with Crippen LogP contribution in [0.1, 0.15) is 0 Å². The second-order valence-corrected chi connectivity index (χ2v) is 5.87. The molecule has 0 bridgehead atoms. The Bertz CT molecular complexity index is 438. The Morgan fingerprint density at radius 1 is 0.800 bits per heavy atom. The van der Waals surface area contributed by atoms with Crippen molar-refractivity contribution >= 4 is 12.2 Å². The molecule has 0 aromatic carbocycles. The zero-order valence-corrected chi connectivity index (χ0v) is 17.5. The minimum absolute atomic E-state index is 0.0518. The van der Waals surface area contributed by atoms with E-state index in [2.05, 4.69) is 5.32 Å². The lowest BCUT2D eigenvalue weighted by Crippen LogP contribution is -2.23. The number of carbonyl (C=O) groups is 2. The highest BCUT2D eigenvalue weighted by atomic mass is 16.7. The van der Waals surface area contributed by atoms with Gasteiger partial charge in [-0.15, -0.1) is 0 Å².